The third kappa shape index (κ3) is 3.38. The van der Waals surface area contributed by atoms with Crippen LogP contribution in [0.4, 0.5) is 0 Å². The smallest absolute Gasteiger partial charge is 0.398 e. The highest BCUT2D eigenvalue weighted by Crippen LogP contribution is 2.36. The SMILES string of the molecule is CC1(C)OB(c2cc(-c3ccccn3)nc(-c3ccccc3)n2)OC1(C)C. The van der Waals surface area contributed by atoms with Gasteiger partial charge >= 0.3 is 7.12 Å². The van der Waals surface area contributed by atoms with Gasteiger partial charge in [0.15, 0.2) is 5.82 Å². The molecule has 0 aliphatic carbocycles. The van der Waals surface area contributed by atoms with Crippen LogP contribution in [0.2, 0.25) is 0 Å². The Bertz CT molecular complexity index is 872. The number of hydrogen-bond donors (Lipinski definition) is 0. The Morgan fingerprint density at radius 1 is 0.778 bits per heavy atom. The van der Waals surface area contributed by atoms with Crippen molar-refractivity contribution in [1.29, 1.82) is 0 Å². The van der Waals surface area contributed by atoms with E-state index in [0.29, 0.717) is 11.4 Å². The average Bonchev–Trinajstić information content (AvgIpc) is 2.90. The molecule has 1 fully saturated rings. The summed E-state index contributed by atoms with van der Waals surface area (Å²) in [6.45, 7) is 8.13. The van der Waals surface area contributed by atoms with Gasteiger partial charge in [0.2, 0.25) is 0 Å². The van der Waals surface area contributed by atoms with Gasteiger partial charge in [-0.2, -0.15) is 0 Å². The Hall–Kier alpha value is -2.57. The van der Waals surface area contributed by atoms with Gasteiger partial charge in [0, 0.05) is 11.8 Å². The van der Waals surface area contributed by atoms with Gasteiger partial charge in [-0.25, -0.2) is 9.97 Å². The van der Waals surface area contributed by atoms with Crippen molar-refractivity contribution < 1.29 is 9.31 Å². The summed E-state index contributed by atoms with van der Waals surface area (Å²) in [4.78, 5) is 13.9. The summed E-state index contributed by atoms with van der Waals surface area (Å²) in [7, 11) is -0.553. The molecule has 0 unspecified atom stereocenters. The Morgan fingerprint density at radius 2 is 1.44 bits per heavy atom. The molecule has 3 aromatic rings. The van der Waals surface area contributed by atoms with Crippen LogP contribution in [-0.2, 0) is 9.31 Å². The number of benzene rings is 1. The van der Waals surface area contributed by atoms with Crippen LogP contribution in [0.25, 0.3) is 22.8 Å². The summed E-state index contributed by atoms with van der Waals surface area (Å²) in [5.74, 6) is 0.628. The van der Waals surface area contributed by atoms with Crippen molar-refractivity contribution in [2.45, 2.75) is 38.9 Å². The predicted octanol–water partition coefficient (Wildman–Crippen LogP) is 3.50. The molecular weight excluding hydrogens is 337 g/mol. The molecule has 4 rings (SSSR count). The zero-order valence-corrected chi connectivity index (χ0v) is 16.0. The Kier molecular flexibility index (Phi) is 4.33. The van der Waals surface area contributed by atoms with Gasteiger partial charge in [-0.15, -0.1) is 0 Å². The van der Waals surface area contributed by atoms with E-state index in [0.717, 1.165) is 17.0 Å². The van der Waals surface area contributed by atoms with Gasteiger partial charge in [0.05, 0.1) is 28.2 Å². The lowest BCUT2D eigenvalue weighted by atomic mass is 9.83. The highest BCUT2D eigenvalue weighted by Gasteiger charge is 2.52. The van der Waals surface area contributed by atoms with Crippen molar-refractivity contribution >= 4 is 12.7 Å². The van der Waals surface area contributed by atoms with Gasteiger partial charge in [0.1, 0.15) is 0 Å². The van der Waals surface area contributed by atoms with Crippen molar-refractivity contribution in [2.24, 2.45) is 0 Å². The minimum absolute atomic E-state index is 0.430. The van der Waals surface area contributed by atoms with Crippen LogP contribution < -0.4 is 5.59 Å². The molecule has 0 radical (unpaired) electrons. The van der Waals surface area contributed by atoms with E-state index in [2.05, 4.69) is 4.98 Å². The predicted molar refractivity (Wildman–Crippen MR) is 106 cm³/mol. The number of rotatable bonds is 3. The topological polar surface area (TPSA) is 57.1 Å². The van der Waals surface area contributed by atoms with E-state index in [1.807, 2.05) is 82.3 Å². The van der Waals surface area contributed by atoms with Crippen molar-refractivity contribution in [3.8, 4) is 22.8 Å². The molecule has 0 bridgehead atoms. The zero-order chi connectivity index (χ0) is 19.1. The minimum atomic E-state index is -0.553. The van der Waals surface area contributed by atoms with E-state index >= 15 is 0 Å². The lowest BCUT2D eigenvalue weighted by molar-refractivity contribution is 0.00578. The van der Waals surface area contributed by atoms with E-state index in [1.54, 1.807) is 6.20 Å². The molecule has 27 heavy (non-hydrogen) atoms. The molecule has 2 aromatic heterocycles. The van der Waals surface area contributed by atoms with Gasteiger partial charge in [0.25, 0.3) is 0 Å². The van der Waals surface area contributed by atoms with Crippen molar-refractivity contribution in [1.82, 2.24) is 15.0 Å². The number of aromatic nitrogens is 3. The maximum atomic E-state index is 6.20. The lowest BCUT2D eigenvalue weighted by Gasteiger charge is -2.32. The van der Waals surface area contributed by atoms with Crippen LogP contribution in [0.3, 0.4) is 0 Å². The summed E-state index contributed by atoms with van der Waals surface area (Å²) in [5, 5.41) is 0. The molecular formula is C21H22BN3O2. The fourth-order valence-corrected chi connectivity index (χ4v) is 2.91. The summed E-state index contributed by atoms with van der Waals surface area (Å²) in [6, 6.07) is 17.6. The normalized spacial score (nSPS) is 17.9. The first kappa shape index (κ1) is 17.8. The quantitative estimate of drug-likeness (QED) is 0.670. The Labute approximate surface area is 160 Å². The molecule has 5 nitrogen and oxygen atoms in total. The number of hydrogen-bond acceptors (Lipinski definition) is 5. The molecule has 0 N–H and O–H groups in total. The van der Waals surface area contributed by atoms with Gasteiger partial charge in [-0.1, -0.05) is 36.4 Å². The van der Waals surface area contributed by atoms with Crippen LogP contribution in [0.5, 0.6) is 0 Å². The van der Waals surface area contributed by atoms with Crippen LogP contribution in [0.1, 0.15) is 27.7 Å². The first-order valence-electron chi connectivity index (χ1n) is 9.07. The molecule has 136 valence electrons. The Balaban J connectivity index is 1.82. The Morgan fingerprint density at radius 3 is 2.07 bits per heavy atom. The second-order valence-corrected chi connectivity index (χ2v) is 7.67. The monoisotopic (exact) mass is 359 g/mol. The van der Waals surface area contributed by atoms with E-state index in [4.69, 9.17) is 19.3 Å². The number of pyridine rings is 1. The van der Waals surface area contributed by atoms with E-state index < -0.39 is 18.3 Å². The third-order valence-electron chi connectivity index (χ3n) is 5.20. The third-order valence-corrected chi connectivity index (χ3v) is 5.20. The van der Waals surface area contributed by atoms with E-state index in [-0.39, 0.29) is 0 Å². The van der Waals surface area contributed by atoms with Gasteiger partial charge in [-0.05, 0) is 45.9 Å². The molecule has 1 saturated heterocycles. The lowest BCUT2D eigenvalue weighted by Crippen LogP contribution is -2.41. The summed E-state index contributed by atoms with van der Waals surface area (Å²) < 4.78 is 12.4. The second-order valence-electron chi connectivity index (χ2n) is 7.67. The van der Waals surface area contributed by atoms with Crippen molar-refractivity contribution in [3.63, 3.8) is 0 Å². The van der Waals surface area contributed by atoms with Crippen molar-refractivity contribution in [3.05, 3.63) is 60.8 Å². The second kappa shape index (κ2) is 6.55. The first-order chi connectivity index (χ1) is 12.9. The highest BCUT2D eigenvalue weighted by molar-refractivity contribution is 6.61. The fourth-order valence-electron chi connectivity index (χ4n) is 2.91. The average molecular weight is 359 g/mol. The minimum Gasteiger partial charge on any atom is -0.398 e. The maximum Gasteiger partial charge on any atom is 0.514 e. The van der Waals surface area contributed by atoms with Gasteiger partial charge < -0.3 is 9.31 Å². The molecule has 0 atom stereocenters. The highest BCUT2D eigenvalue weighted by atomic mass is 16.7. The largest absolute Gasteiger partial charge is 0.514 e. The van der Waals surface area contributed by atoms with Crippen molar-refractivity contribution in [2.75, 3.05) is 0 Å². The molecule has 1 aromatic carbocycles. The summed E-state index contributed by atoms with van der Waals surface area (Å²) in [5.41, 5.74) is 2.31. The summed E-state index contributed by atoms with van der Waals surface area (Å²) >= 11 is 0. The van der Waals surface area contributed by atoms with Crippen LogP contribution in [0, 0.1) is 0 Å². The van der Waals surface area contributed by atoms with Crippen LogP contribution in [0.15, 0.2) is 60.8 Å². The van der Waals surface area contributed by atoms with Crippen LogP contribution >= 0.6 is 0 Å². The molecule has 6 heteroatoms. The molecule has 1 aliphatic rings. The molecule has 0 amide bonds. The maximum absolute atomic E-state index is 6.20. The van der Waals surface area contributed by atoms with E-state index in [9.17, 15) is 0 Å². The summed E-state index contributed by atoms with van der Waals surface area (Å²) in [6.07, 6.45) is 1.76. The van der Waals surface area contributed by atoms with Crippen LogP contribution in [-0.4, -0.2) is 33.3 Å². The molecule has 3 heterocycles. The standard InChI is InChI=1S/C21H22BN3O2/c1-20(2)21(3,4)27-22(26-20)18-14-17(16-12-8-9-13-23-16)24-19(25-18)15-10-6-5-7-11-15/h5-14H,1-4H3. The molecule has 1 aliphatic heterocycles. The van der Waals surface area contributed by atoms with E-state index in [1.165, 1.54) is 0 Å². The fraction of sp³-hybridized carbons (Fsp3) is 0.286. The zero-order valence-electron chi connectivity index (χ0n) is 16.0. The number of nitrogens with zero attached hydrogens (tertiary/aromatic N) is 3. The molecule has 0 saturated carbocycles. The van der Waals surface area contributed by atoms with Gasteiger partial charge in [-0.3, -0.25) is 4.98 Å². The first-order valence-corrected chi connectivity index (χ1v) is 9.07. The molecule has 0 spiro atoms.